The van der Waals surface area contributed by atoms with Gasteiger partial charge in [0.1, 0.15) is 17.9 Å². The van der Waals surface area contributed by atoms with Gasteiger partial charge in [0, 0.05) is 40.0 Å². The maximum Gasteiger partial charge on any atom is 0.225 e. The van der Waals surface area contributed by atoms with E-state index in [4.69, 9.17) is 11.2 Å². The number of hydrogen-bond acceptors (Lipinski definition) is 7. The van der Waals surface area contributed by atoms with Crippen LogP contribution in [0.5, 0.6) is 0 Å². The van der Waals surface area contributed by atoms with Crippen molar-refractivity contribution in [2.45, 2.75) is 17.0 Å². The third kappa shape index (κ3) is 3.34. The summed E-state index contributed by atoms with van der Waals surface area (Å²) in [7, 11) is -2.88. The number of H-pyrrole nitrogens is 1. The van der Waals surface area contributed by atoms with E-state index in [0.717, 1.165) is 5.52 Å². The number of nitrogens with one attached hydrogen (secondary N) is 4. The molecule has 4 rings (SSSR count). The highest BCUT2D eigenvalue weighted by Crippen LogP contribution is 2.29. The molecule has 1 fully saturated rings. The van der Waals surface area contributed by atoms with Crippen LogP contribution in [0.25, 0.3) is 10.9 Å². The second kappa shape index (κ2) is 6.76. The summed E-state index contributed by atoms with van der Waals surface area (Å²) in [6.45, 7) is 0. The number of pyridine rings is 1. The topological polar surface area (TPSA) is 128 Å². The molecule has 8 nitrogen and oxygen atoms in total. The van der Waals surface area contributed by atoms with E-state index in [9.17, 15) is 13.8 Å². The van der Waals surface area contributed by atoms with Crippen molar-refractivity contribution in [3.8, 4) is 12.3 Å². The normalized spacial score (nSPS) is 20.6. The lowest BCUT2D eigenvalue weighted by atomic mass is 9.82. The molecule has 3 aromatic rings. The molecule has 2 heterocycles. The van der Waals surface area contributed by atoms with Gasteiger partial charge < -0.3 is 15.6 Å². The monoisotopic (exact) mass is 407 g/mol. The van der Waals surface area contributed by atoms with E-state index in [1.165, 1.54) is 12.5 Å². The first-order valence-electron chi connectivity index (χ1n) is 8.66. The van der Waals surface area contributed by atoms with Gasteiger partial charge in [0.05, 0.1) is 15.4 Å². The number of terminal acetylenes is 1. The number of aromatic nitrogens is 2. The summed E-state index contributed by atoms with van der Waals surface area (Å²) >= 11 is 0. The van der Waals surface area contributed by atoms with E-state index < -0.39 is 33.4 Å². The Hall–Kier alpha value is -3.64. The van der Waals surface area contributed by atoms with Crippen LogP contribution < -0.4 is 10.6 Å². The summed E-state index contributed by atoms with van der Waals surface area (Å²) in [6, 6.07) is 6.80. The van der Waals surface area contributed by atoms with Crippen LogP contribution in [0.3, 0.4) is 0 Å². The van der Waals surface area contributed by atoms with Crippen LogP contribution in [0.15, 0.2) is 47.6 Å². The molecule has 29 heavy (non-hydrogen) atoms. The lowest BCUT2D eigenvalue weighted by molar-refractivity contribution is -0.144. The van der Waals surface area contributed by atoms with E-state index in [2.05, 4.69) is 26.5 Å². The fourth-order valence-corrected chi connectivity index (χ4v) is 3.83. The van der Waals surface area contributed by atoms with Crippen molar-refractivity contribution in [2.24, 2.45) is 0 Å². The minimum Gasteiger partial charge on any atom is -0.371 e. The fourth-order valence-electron chi connectivity index (χ4n) is 3.16. The van der Waals surface area contributed by atoms with Crippen molar-refractivity contribution < 1.29 is 13.8 Å². The predicted octanol–water partition coefficient (Wildman–Crippen LogP) is 1.99. The number of anilines is 2. The Morgan fingerprint density at radius 3 is 2.52 bits per heavy atom. The van der Waals surface area contributed by atoms with Gasteiger partial charge in [0.15, 0.2) is 0 Å². The van der Waals surface area contributed by atoms with Gasteiger partial charge in [-0.3, -0.25) is 9.59 Å². The third-order valence-corrected chi connectivity index (χ3v) is 5.94. The average molecular weight is 407 g/mol. The van der Waals surface area contributed by atoms with Crippen LogP contribution in [0.1, 0.15) is 5.56 Å². The molecule has 0 radical (unpaired) electrons. The van der Waals surface area contributed by atoms with Crippen molar-refractivity contribution >= 4 is 43.7 Å². The summed E-state index contributed by atoms with van der Waals surface area (Å²) < 4.78 is 19.8. The van der Waals surface area contributed by atoms with Crippen LogP contribution in [0, 0.1) is 17.1 Å². The molecule has 3 unspecified atom stereocenters. The third-order valence-electron chi connectivity index (χ3n) is 4.79. The highest BCUT2D eigenvalue weighted by molar-refractivity contribution is 7.91. The van der Waals surface area contributed by atoms with Gasteiger partial charge in [-0.05, 0) is 30.3 Å². The molecule has 0 amide bonds. The molecule has 146 valence electrons. The lowest BCUT2D eigenvalue weighted by Gasteiger charge is -2.34. The minimum absolute atomic E-state index is 0.385. The average Bonchev–Trinajstić information content (AvgIpc) is 3.12. The number of benzene rings is 1. The van der Waals surface area contributed by atoms with Gasteiger partial charge in [-0.2, -0.15) is 0 Å². The van der Waals surface area contributed by atoms with Crippen molar-refractivity contribution in [3.63, 3.8) is 0 Å². The number of hydrogen-bond donors (Lipinski definition) is 4. The molecule has 0 saturated heterocycles. The first kappa shape index (κ1) is 18.7. The van der Waals surface area contributed by atoms with E-state index in [1.807, 2.05) is 0 Å². The Balaban J connectivity index is 1.59. The van der Waals surface area contributed by atoms with Crippen molar-refractivity contribution in [2.75, 3.05) is 16.9 Å². The molecule has 0 bridgehead atoms. The number of fused-ring (bicyclic) bond motifs is 1. The fraction of sp³-hybridized carbons (Fsp3) is 0.150. The number of ketones is 2. The van der Waals surface area contributed by atoms with E-state index in [0.29, 0.717) is 27.4 Å². The predicted molar refractivity (Wildman–Crippen MR) is 110 cm³/mol. The minimum atomic E-state index is -2.88. The zero-order chi connectivity index (χ0) is 20.8. The van der Waals surface area contributed by atoms with Crippen molar-refractivity contribution in [1.82, 2.24) is 9.97 Å². The number of nitrogens with zero attached hydrogens (tertiary/aromatic N) is 1. The molecule has 2 aromatic heterocycles. The zero-order valence-electron chi connectivity index (χ0n) is 15.4. The summed E-state index contributed by atoms with van der Waals surface area (Å²) in [5.41, 5.74) is 1.95. The molecule has 0 aliphatic heterocycles. The molecule has 1 aliphatic rings. The second-order valence-corrected chi connectivity index (χ2v) is 8.96. The number of rotatable bonds is 5. The largest absolute Gasteiger partial charge is 0.371 e. The number of aromatic amines is 1. The summed E-state index contributed by atoms with van der Waals surface area (Å²) in [5.74, 6) is 1.83. The first-order chi connectivity index (χ1) is 13.8. The van der Waals surface area contributed by atoms with E-state index in [1.54, 1.807) is 36.5 Å². The van der Waals surface area contributed by atoms with Gasteiger partial charge >= 0.3 is 0 Å². The highest BCUT2D eigenvalue weighted by Gasteiger charge is 2.49. The molecule has 1 saturated carbocycles. The SMILES string of the molecule is C#Cc1ccc(NC2C(=O)C(=O)C2Nc2c[nH]c3ccc(S(C)(=N)=O)cc23)nc1. The molecule has 9 heteroatoms. The molecular formula is C20H17N5O3S. The zero-order valence-corrected chi connectivity index (χ0v) is 16.2. The molecule has 1 aromatic carbocycles. The van der Waals surface area contributed by atoms with Crippen LogP contribution >= 0.6 is 0 Å². The smallest absolute Gasteiger partial charge is 0.225 e. The maximum absolute atomic E-state index is 12.2. The summed E-state index contributed by atoms with van der Waals surface area (Å²) in [6.07, 6.45) is 9.82. The summed E-state index contributed by atoms with van der Waals surface area (Å²) in [4.78, 5) is 31.9. The van der Waals surface area contributed by atoms with E-state index >= 15 is 0 Å². The molecule has 1 aliphatic carbocycles. The number of Topliss-reactive ketones (excluding diaryl/α,β-unsaturated/α-hetero) is 2. The van der Waals surface area contributed by atoms with Gasteiger partial charge in [-0.25, -0.2) is 14.0 Å². The van der Waals surface area contributed by atoms with Gasteiger partial charge in [0.2, 0.25) is 11.6 Å². The molecule has 4 N–H and O–H groups in total. The van der Waals surface area contributed by atoms with Gasteiger partial charge in [-0.1, -0.05) is 5.92 Å². The lowest BCUT2D eigenvalue weighted by Crippen LogP contribution is -2.64. The quantitative estimate of drug-likeness (QED) is 0.378. The van der Waals surface area contributed by atoms with Crippen LogP contribution in [0.2, 0.25) is 0 Å². The first-order valence-corrected chi connectivity index (χ1v) is 10.6. The Labute approximate surface area is 167 Å². The number of carbonyl (C=O) groups is 2. The second-order valence-electron chi connectivity index (χ2n) is 6.80. The number of carbonyl (C=O) groups excluding carboxylic acids is 2. The van der Waals surface area contributed by atoms with Crippen molar-refractivity contribution in [3.05, 3.63) is 48.3 Å². The molecular weight excluding hydrogens is 390 g/mol. The van der Waals surface area contributed by atoms with Crippen LogP contribution in [-0.4, -0.2) is 44.1 Å². The summed E-state index contributed by atoms with van der Waals surface area (Å²) in [5, 5.41) is 6.72. The Morgan fingerprint density at radius 1 is 1.17 bits per heavy atom. The van der Waals surface area contributed by atoms with Crippen LogP contribution in [-0.2, 0) is 19.3 Å². The Kier molecular flexibility index (Phi) is 4.36. The Morgan fingerprint density at radius 2 is 1.90 bits per heavy atom. The maximum atomic E-state index is 12.2. The van der Waals surface area contributed by atoms with Gasteiger partial charge in [0.25, 0.3) is 0 Å². The highest BCUT2D eigenvalue weighted by atomic mass is 32.2. The molecule has 3 atom stereocenters. The molecule has 0 spiro atoms. The Bertz CT molecular complexity index is 1290. The van der Waals surface area contributed by atoms with E-state index in [-0.39, 0.29) is 0 Å². The van der Waals surface area contributed by atoms with Crippen molar-refractivity contribution in [1.29, 1.82) is 4.78 Å². The van der Waals surface area contributed by atoms with Gasteiger partial charge in [-0.15, -0.1) is 6.42 Å². The standard InChI is InChI=1S/C20H17N5O3S/c1-3-11-4-7-16(23-9-11)25-18-17(19(26)20(18)27)24-15-10-22-14-6-5-12(8-13(14)15)29(2,21)28/h1,4-10,17-18,21-22,24H,2H3,(H,23,25). The van der Waals surface area contributed by atoms with Crippen LogP contribution in [0.4, 0.5) is 11.5 Å².